The van der Waals surface area contributed by atoms with Crippen LogP contribution in [-0.2, 0) is 6.42 Å². The Balaban J connectivity index is 1.82. The first-order chi connectivity index (χ1) is 8.31. The van der Waals surface area contributed by atoms with E-state index in [9.17, 15) is 0 Å². The van der Waals surface area contributed by atoms with Crippen molar-refractivity contribution in [3.63, 3.8) is 0 Å². The van der Waals surface area contributed by atoms with Crippen molar-refractivity contribution in [3.8, 4) is 5.75 Å². The molecule has 0 amide bonds. The number of fused-ring (bicyclic) bond motifs is 1. The molecule has 1 aromatic carbocycles. The molecule has 2 nitrogen and oxygen atoms in total. The molecule has 2 N–H and O–H groups in total. The molecule has 0 saturated carbocycles. The summed E-state index contributed by atoms with van der Waals surface area (Å²) in [6.07, 6.45) is 7.19. The Morgan fingerprint density at radius 1 is 1.29 bits per heavy atom. The lowest BCUT2D eigenvalue weighted by atomic mass is 10.1. The highest BCUT2D eigenvalue weighted by Gasteiger charge is 2.18. The van der Waals surface area contributed by atoms with Crippen LogP contribution in [-0.4, -0.2) is 6.61 Å². The maximum atomic E-state index is 6.01. The Kier molecular flexibility index (Phi) is 4.43. The van der Waals surface area contributed by atoms with Crippen molar-refractivity contribution >= 4 is 0 Å². The normalized spacial score (nSPS) is 18.1. The first-order valence-electron chi connectivity index (χ1n) is 6.82. The van der Waals surface area contributed by atoms with E-state index in [2.05, 4.69) is 25.1 Å². The van der Waals surface area contributed by atoms with E-state index in [1.54, 1.807) is 0 Å². The molecule has 0 radical (unpaired) electrons. The fourth-order valence-electron chi connectivity index (χ4n) is 2.44. The molecule has 2 rings (SSSR count). The van der Waals surface area contributed by atoms with Gasteiger partial charge in [-0.2, -0.15) is 0 Å². The first-order valence-corrected chi connectivity index (χ1v) is 6.82. The maximum absolute atomic E-state index is 6.01. The molecule has 17 heavy (non-hydrogen) atoms. The second kappa shape index (κ2) is 6.06. The Morgan fingerprint density at radius 3 is 3.00 bits per heavy atom. The SMILES string of the molecule is CCCCCCOc1ccc2c(c1)CC[C@H]2N. The maximum Gasteiger partial charge on any atom is 0.119 e. The highest BCUT2D eigenvalue weighted by Crippen LogP contribution is 2.31. The Labute approximate surface area is 104 Å². The number of nitrogens with two attached hydrogens (primary N) is 1. The number of ether oxygens (including phenoxy) is 1. The molecule has 0 aromatic heterocycles. The molecular weight excluding hydrogens is 210 g/mol. The molecule has 0 saturated heterocycles. The average molecular weight is 233 g/mol. The molecule has 0 bridgehead atoms. The zero-order chi connectivity index (χ0) is 12.1. The summed E-state index contributed by atoms with van der Waals surface area (Å²) in [5.74, 6) is 1.01. The number of hydrogen-bond donors (Lipinski definition) is 1. The molecule has 94 valence electrons. The predicted octanol–water partition coefficient (Wildman–Crippen LogP) is 3.59. The first kappa shape index (κ1) is 12.4. The zero-order valence-electron chi connectivity index (χ0n) is 10.7. The van der Waals surface area contributed by atoms with Gasteiger partial charge in [0.05, 0.1) is 6.61 Å². The van der Waals surface area contributed by atoms with Crippen LogP contribution in [0.2, 0.25) is 0 Å². The summed E-state index contributed by atoms with van der Waals surface area (Å²) < 4.78 is 5.77. The lowest BCUT2D eigenvalue weighted by Crippen LogP contribution is -2.05. The molecule has 0 spiro atoms. The van der Waals surface area contributed by atoms with Gasteiger partial charge in [-0.1, -0.05) is 32.3 Å². The monoisotopic (exact) mass is 233 g/mol. The number of benzene rings is 1. The van der Waals surface area contributed by atoms with Crippen LogP contribution in [0.3, 0.4) is 0 Å². The summed E-state index contributed by atoms with van der Waals surface area (Å²) >= 11 is 0. The van der Waals surface area contributed by atoms with Crippen LogP contribution in [0, 0.1) is 0 Å². The summed E-state index contributed by atoms with van der Waals surface area (Å²) in [7, 11) is 0. The van der Waals surface area contributed by atoms with Crippen LogP contribution in [0.5, 0.6) is 5.75 Å². The van der Waals surface area contributed by atoms with E-state index in [-0.39, 0.29) is 6.04 Å². The van der Waals surface area contributed by atoms with Gasteiger partial charge in [0, 0.05) is 6.04 Å². The smallest absolute Gasteiger partial charge is 0.119 e. The van der Waals surface area contributed by atoms with Crippen LogP contribution in [0.1, 0.15) is 56.2 Å². The minimum atomic E-state index is 0.239. The van der Waals surface area contributed by atoms with Gasteiger partial charge in [-0.3, -0.25) is 0 Å². The van der Waals surface area contributed by atoms with Gasteiger partial charge in [-0.25, -0.2) is 0 Å². The molecular formula is C15H23NO. The third-order valence-electron chi connectivity index (χ3n) is 3.51. The van der Waals surface area contributed by atoms with E-state index >= 15 is 0 Å². The highest BCUT2D eigenvalue weighted by molar-refractivity contribution is 5.40. The molecule has 0 fully saturated rings. The summed E-state index contributed by atoms with van der Waals surface area (Å²) in [4.78, 5) is 0. The minimum Gasteiger partial charge on any atom is -0.494 e. The summed E-state index contributed by atoms with van der Waals surface area (Å²) in [5.41, 5.74) is 8.70. The van der Waals surface area contributed by atoms with Crippen molar-refractivity contribution in [2.75, 3.05) is 6.61 Å². The predicted molar refractivity (Wildman–Crippen MR) is 71.3 cm³/mol. The van der Waals surface area contributed by atoms with Crippen molar-refractivity contribution < 1.29 is 4.74 Å². The van der Waals surface area contributed by atoms with Crippen LogP contribution in [0.15, 0.2) is 18.2 Å². The third-order valence-corrected chi connectivity index (χ3v) is 3.51. The van der Waals surface area contributed by atoms with Crippen LogP contribution in [0.4, 0.5) is 0 Å². The Bertz CT molecular complexity index is 362. The second-order valence-electron chi connectivity index (χ2n) is 4.91. The molecule has 0 aliphatic heterocycles. The standard InChI is InChI=1S/C15H23NO/c1-2-3-4-5-10-17-13-7-8-14-12(11-13)6-9-15(14)16/h7-8,11,15H,2-6,9-10,16H2,1H3/t15-/m1/s1. The fourth-order valence-corrected chi connectivity index (χ4v) is 2.44. The molecule has 0 unspecified atom stereocenters. The number of hydrogen-bond acceptors (Lipinski definition) is 2. The summed E-state index contributed by atoms with van der Waals surface area (Å²) in [6.45, 7) is 3.06. The number of rotatable bonds is 6. The lowest BCUT2D eigenvalue weighted by molar-refractivity contribution is 0.305. The van der Waals surface area contributed by atoms with E-state index in [4.69, 9.17) is 10.5 Å². The van der Waals surface area contributed by atoms with E-state index in [1.807, 2.05) is 0 Å². The largest absolute Gasteiger partial charge is 0.494 e. The minimum absolute atomic E-state index is 0.239. The fraction of sp³-hybridized carbons (Fsp3) is 0.600. The molecule has 0 heterocycles. The molecule has 1 atom stereocenters. The van der Waals surface area contributed by atoms with Crippen molar-refractivity contribution in [2.24, 2.45) is 5.73 Å². The van der Waals surface area contributed by atoms with Gasteiger partial charge >= 0.3 is 0 Å². The van der Waals surface area contributed by atoms with Gasteiger partial charge < -0.3 is 10.5 Å². The van der Waals surface area contributed by atoms with Gasteiger partial charge in [0.25, 0.3) is 0 Å². The van der Waals surface area contributed by atoms with Gasteiger partial charge in [-0.15, -0.1) is 0 Å². The molecule has 1 aliphatic carbocycles. The molecule has 1 aliphatic rings. The topological polar surface area (TPSA) is 35.2 Å². The van der Waals surface area contributed by atoms with Crippen LogP contribution in [0.25, 0.3) is 0 Å². The van der Waals surface area contributed by atoms with E-state index < -0.39 is 0 Å². The van der Waals surface area contributed by atoms with Gasteiger partial charge in [0.1, 0.15) is 5.75 Å². The van der Waals surface area contributed by atoms with E-state index in [0.717, 1.165) is 31.6 Å². The second-order valence-corrected chi connectivity index (χ2v) is 4.91. The zero-order valence-corrected chi connectivity index (χ0v) is 10.7. The van der Waals surface area contributed by atoms with Crippen molar-refractivity contribution in [1.82, 2.24) is 0 Å². The quantitative estimate of drug-likeness (QED) is 0.762. The van der Waals surface area contributed by atoms with Gasteiger partial charge in [0.2, 0.25) is 0 Å². The van der Waals surface area contributed by atoms with E-state index in [0.29, 0.717) is 0 Å². The Hall–Kier alpha value is -1.02. The average Bonchev–Trinajstić information content (AvgIpc) is 2.71. The Morgan fingerprint density at radius 2 is 2.18 bits per heavy atom. The van der Waals surface area contributed by atoms with E-state index in [1.165, 1.54) is 30.4 Å². The van der Waals surface area contributed by atoms with Crippen LogP contribution < -0.4 is 10.5 Å². The van der Waals surface area contributed by atoms with Crippen molar-refractivity contribution in [2.45, 2.75) is 51.5 Å². The molecule has 2 heteroatoms. The number of aryl methyl sites for hydroxylation is 1. The van der Waals surface area contributed by atoms with Gasteiger partial charge in [0.15, 0.2) is 0 Å². The van der Waals surface area contributed by atoms with Crippen LogP contribution >= 0.6 is 0 Å². The van der Waals surface area contributed by atoms with Crippen molar-refractivity contribution in [1.29, 1.82) is 0 Å². The number of unbranched alkanes of at least 4 members (excludes halogenated alkanes) is 3. The summed E-state index contributed by atoms with van der Waals surface area (Å²) in [5, 5.41) is 0. The third kappa shape index (κ3) is 3.22. The van der Waals surface area contributed by atoms with Gasteiger partial charge in [-0.05, 0) is 42.5 Å². The summed E-state index contributed by atoms with van der Waals surface area (Å²) in [6, 6.07) is 6.60. The lowest BCUT2D eigenvalue weighted by Gasteiger charge is -2.09. The van der Waals surface area contributed by atoms with Crippen molar-refractivity contribution in [3.05, 3.63) is 29.3 Å². The highest BCUT2D eigenvalue weighted by atomic mass is 16.5. The molecule has 1 aromatic rings.